The van der Waals surface area contributed by atoms with Gasteiger partial charge < -0.3 is 4.90 Å². The Hall–Kier alpha value is -0.680. The third-order valence-corrected chi connectivity index (χ3v) is 2.92. The normalized spacial score (nSPS) is 10.8. The summed E-state index contributed by atoms with van der Waals surface area (Å²) in [6, 6.07) is 5.12. The van der Waals surface area contributed by atoms with Crippen LogP contribution in [-0.4, -0.2) is 36.2 Å². The van der Waals surface area contributed by atoms with Crippen molar-refractivity contribution >= 4 is 33.4 Å². The summed E-state index contributed by atoms with van der Waals surface area (Å²) in [5.74, 6) is -0.300. The van der Waals surface area contributed by atoms with Crippen molar-refractivity contribution in [3.8, 4) is 0 Å². The highest BCUT2D eigenvalue weighted by Gasteiger charge is 2.19. The van der Waals surface area contributed by atoms with E-state index >= 15 is 0 Å². The molecule has 6 heteroatoms. The van der Waals surface area contributed by atoms with Crippen LogP contribution in [0.5, 0.6) is 0 Å². The van der Waals surface area contributed by atoms with Gasteiger partial charge in [0.25, 0.3) is 12.3 Å². The first-order valence-electron chi connectivity index (χ1n) is 5.34. The Labute approximate surface area is 118 Å². The molecule has 0 atom stereocenters. The summed E-state index contributed by atoms with van der Waals surface area (Å²) in [6.45, 7) is 1.34. The van der Waals surface area contributed by atoms with E-state index in [4.69, 9.17) is 11.6 Å². The molecule has 0 N–H and O–H groups in total. The molecule has 0 aromatic heterocycles. The molecule has 1 aromatic carbocycles. The number of amides is 1. The zero-order valence-corrected chi connectivity index (χ0v) is 12.1. The Kier molecular flexibility index (Phi) is 6.02. The van der Waals surface area contributed by atoms with Crippen LogP contribution in [-0.2, 0) is 0 Å². The maximum atomic E-state index is 12.4. The lowest BCUT2D eigenvalue weighted by atomic mass is 10.1. The lowest BCUT2D eigenvalue weighted by molar-refractivity contribution is 0.0571. The van der Waals surface area contributed by atoms with Crippen LogP contribution in [0, 0.1) is 6.92 Å². The first-order valence-corrected chi connectivity index (χ1v) is 6.67. The van der Waals surface area contributed by atoms with Gasteiger partial charge in [-0.15, -0.1) is 11.6 Å². The molecule has 0 bridgehead atoms. The van der Waals surface area contributed by atoms with Gasteiger partial charge >= 0.3 is 0 Å². The molecule has 18 heavy (non-hydrogen) atoms. The standard InChI is InChI=1S/C12H13BrClF2NO/c1-8-4-9(6-10(13)5-8)12(18)17(3-2-14)7-11(15)16/h4-6,11H,2-3,7H2,1H3. The van der Waals surface area contributed by atoms with Crippen LogP contribution in [0.3, 0.4) is 0 Å². The maximum Gasteiger partial charge on any atom is 0.255 e. The van der Waals surface area contributed by atoms with E-state index < -0.39 is 18.9 Å². The van der Waals surface area contributed by atoms with Gasteiger partial charge in [-0.2, -0.15) is 0 Å². The summed E-state index contributed by atoms with van der Waals surface area (Å²) in [5, 5.41) is 0. The fraction of sp³-hybridized carbons (Fsp3) is 0.417. The number of carbonyl (C=O) groups excluding carboxylic acids is 1. The Balaban J connectivity index is 2.93. The van der Waals surface area contributed by atoms with Crippen molar-refractivity contribution in [3.05, 3.63) is 33.8 Å². The van der Waals surface area contributed by atoms with Crippen LogP contribution in [0.15, 0.2) is 22.7 Å². The van der Waals surface area contributed by atoms with E-state index in [1.54, 1.807) is 12.1 Å². The van der Waals surface area contributed by atoms with Crippen LogP contribution in [0.2, 0.25) is 0 Å². The largest absolute Gasteiger partial charge is 0.332 e. The number of hydrogen-bond acceptors (Lipinski definition) is 1. The van der Waals surface area contributed by atoms with Crippen LogP contribution in [0.25, 0.3) is 0 Å². The molecule has 0 heterocycles. The molecule has 0 aliphatic carbocycles. The Morgan fingerprint density at radius 2 is 2.11 bits per heavy atom. The quantitative estimate of drug-likeness (QED) is 0.748. The van der Waals surface area contributed by atoms with Gasteiger partial charge in [-0.1, -0.05) is 15.9 Å². The minimum Gasteiger partial charge on any atom is -0.332 e. The van der Waals surface area contributed by atoms with E-state index in [2.05, 4.69) is 15.9 Å². The molecule has 0 fully saturated rings. The van der Waals surface area contributed by atoms with Gasteiger partial charge in [-0.3, -0.25) is 4.79 Å². The van der Waals surface area contributed by atoms with Crippen molar-refractivity contribution in [1.82, 2.24) is 4.90 Å². The number of hydrogen-bond donors (Lipinski definition) is 0. The number of carbonyl (C=O) groups is 1. The SMILES string of the molecule is Cc1cc(Br)cc(C(=O)N(CCCl)CC(F)F)c1. The monoisotopic (exact) mass is 339 g/mol. The van der Waals surface area contributed by atoms with Crippen molar-refractivity contribution in [2.45, 2.75) is 13.3 Å². The molecule has 100 valence electrons. The number of rotatable bonds is 5. The molecule has 0 saturated carbocycles. The number of halogens is 4. The molecule has 0 spiro atoms. The summed E-state index contributed by atoms with van der Waals surface area (Å²) < 4.78 is 25.5. The zero-order valence-electron chi connectivity index (χ0n) is 9.80. The Bertz CT molecular complexity index is 408. The Morgan fingerprint density at radius 3 is 2.61 bits per heavy atom. The van der Waals surface area contributed by atoms with Crippen molar-refractivity contribution in [3.63, 3.8) is 0 Å². The topological polar surface area (TPSA) is 20.3 Å². The molecule has 0 aliphatic heterocycles. The summed E-state index contributed by atoms with van der Waals surface area (Å²) >= 11 is 8.80. The molecule has 2 nitrogen and oxygen atoms in total. The van der Waals surface area contributed by atoms with Crippen molar-refractivity contribution in [2.24, 2.45) is 0 Å². The van der Waals surface area contributed by atoms with Crippen molar-refractivity contribution in [1.29, 1.82) is 0 Å². The summed E-state index contributed by atoms with van der Waals surface area (Å²) in [7, 11) is 0. The summed E-state index contributed by atoms with van der Waals surface area (Å²) in [4.78, 5) is 13.2. The van der Waals surface area contributed by atoms with E-state index in [0.29, 0.717) is 5.56 Å². The third-order valence-electron chi connectivity index (χ3n) is 2.29. The zero-order chi connectivity index (χ0) is 13.7. The smallest absolute Gasteiger partial charge is 0.255 e. The van der Waals surface area contributed by atoms with Crippen LogP contribution in [0.4, 0.5) is 8.78 Å². The molecule has 0 aliphatic rings. The van der Waals surface area contributed by atoms with Crippen molar-refractivity contribution < 1.29 is 13.6 Å². The predicted molar refractivity (Wildman–Crippen MR) is 71.5 cm³/mol. The molecule has 0 radical (unpaired) electrons. The van der Waals surface area contributed by atoms with Gasteiger partial charge in [-0.05, 0) is 30.7 Å². The van der Waals surface area contributed by atoms with Gasteiger partial charge in [0.1, 0.15) is 0 Å². The highest BCUT2D eigenvalue weighted by atomic mass is 79.9. The number of aryl methyl sites for hydroxylation is 1. The summed E-state index contributed by atoms with van der Waals surface area (Å²) in [6.07, 6.45) is -2.56. The van der Waals surface area contributed by atoms with Gasteiger partial charge in [0.2, 0.25) is 0 Å². The van der Waals surface area contributed by atoms with E-state index in [1.807, 2.05) is 13.0 Å². The maximum absolute atomic E-state index is 12.4. The average Bonchev–Trinajstić information content (AvgIpc) is 2.25. The summed E-state index contributed by atoms with van der Waals surface area (Å²) in [5.41, 5.74) is 1.27. The molecule has 1 rings (SSSR count). The van der Waals surface area contributed by atoms with Gasteiger partial charge in [0, 0.05) is 22.5 Å². The van der Waals surface area contributed by atoms with E-state index in [9.17, 15) is 13.6 Å². The fourth-order valence-corrected chi connectivity index (χ4v) is 2.40. The minimum atomic E-state index is -2.56. The first-order chi connectivity index (χ1) is 8.43. The Morgan fingerprint density at radius 1 is 1.44 bits per heavy atom. The van der Waals surface area contributed by atoms with Crippen LogP contribution >= 0.6 is 27.5 Å². The molecule has 0 saturated heterocycles. The highest BCUT2D eigenvalue weighted by molar-refractivity contribution is 9.10. The number of alkyl halides is 3. The molecular formula is C12H13BrClF2NO. The van der Waals surface area contributed by atoms with Gasteiger partial charge in [-0.25, -0.2) is 8.78 Å². The lowest BCUT2D eigenvalue weighted by Crippen LogP contribution is -2.36. The van der Waals surface area contributed by atoms with Gasteiger partial charge in [0.05, 0.1) is 6.54 Å². The molecule has 0 unspecified atom stereocenters. The predicted octanol–water partition coefficient (Wildman–Crippen LogP) is 3.70. The van der Waals surface area contributed by atoms with Gasteiger partial charge in [0.15, 0.2) is 0 Å². The molecular weight excluding hydrogens is 327 g/mol. The highest BCUT2D eigenvalue weighted by Crippen LogP contribution is 2.17. The van der Waals surface area contributed by atoms with Crippen molar-refractivity contribution in [2.75, 3.05) is 19.0 Å². The van der Waals surface area contributed by atoms with Crippen LogP contribution in [0.1, 0.15) is 15.9 Å². The second kappa shape index (κ2) is 7.04. The average molecular weight is 341 g/mol. The minimum absolute atomic E-state index is 0.107. The van der Waals surface area contributed by atoms with E-state index in [1.165, 1.54) is 0 Å². The lowest BCUT2D eigenvalue weighted by Gasteiger charge is -2.21. The van der Waals surface area contributed by atoms with Crippen LogP contribution < -0.4 is 0 Å². The van der Waals surface area contributed by atoms with E-state index in [0.717, 1.165) is 14.9 Å². The second-order valence-electron chi connectivity index (χ2n) is 3.85. The van der Waals surface area contributed by atoms with E-state index in [-0.39, 0.29) is 12.4 Å². The molecule has 1 aromatic rings. The number of nitrogens with zero attached hydrogens (tertiary/aromatic N) is 1. The fourth-order valence-electron chi connectivity index (χ4n) is 1.59. The first kappa shape index (κ1) is 15.4. The second-order valence-corrected chi connectivity index (χ2v) is 5.14. The third kappa shape index (κ3) is 4.53. The number of benzene rings is 1. The molecule has 1 amide bonds.